The summed E-state index contributed by atoms with van der Waals surface area (Å²) in [6, 6.07) is 7.84. The Bertz CT molecular complexity index is 328. The third-order valence-electron chi connectivity index (χ3n) is 2.36. The van der Waals surface area contributed by atoms with Crippen molar-refractivity contribution in [3.63, 3.8) is 0 Å². The first-order chi connectivity index (χ1) is 7.44. The molecule has 3 heteroatoms. The van der Waals surface area contributed by atoms with Crippen LogP contribution >= 0.6 is 0 Å². The molecule has 1 unspecified atom stereocenters. The quantitative estimate of drug-likeness (QED) is 0.753. The van der Waals surface area contributed by atoms with E-state index in [-0.39, 0.29) is 12.7 Å². The van der Waals surface area contributed by atoms with Crippen molar-refractivity contribution in [1.29, 1.82) is 0 Å². The lowest BCUT2D eigenvalue weighted by Crippen LogP contribution is -2.26. The molecule has 0 aliphatic heterocycles. The topological polar surface area (TPSA) is 49.7 Å². The molecule has 3 nitrogen and oxygen atoms in total. The average Bonchev–Trinajstić information content (AvgIpc) is 2.16. The van der Waals surface area contributed by atoms with Crippen LogP contribution in [0.25, 0.3) is 0 Å². The summed E-state index contributed by atoms with van der Waals surface area (Å²) >= 11 is 0. The van der Waals surface area contributed by atoms with Crippen molar-refractivity contribution in [3.8, 4) is 0 Å². The van der Waals surface area contributed by atoms with Crippen LogP contribution in [-0.2, 0) is 4.74 Å². The number of aliphatic hydroxyl groups is 2. The molecule has 0 amide bonds. The smallest absolute Gasteiger partial charge is 0.160 e. The highest BCUT2D eigenvalue weighted by Gasteiger charge is 2.22. The predicted molar refractivity (Wildman–Crippen MR) is 63.0 cm³/mol. The summed E-state index contributed by atoms with van der Waals surface area (Å²) in [5.74, 6) is -1.19. The zero-order valence-corrected chi connectivity index (χ0v) is 10.1. The molecule has 0 bridgehead atoms. The summed E-state index contributed by atoms with van der Waals surface area (Å²) in [7, 11) is 0. The monoisotopic (exact) mass is 224 g/mol. The summed E-state index contributed by atoms with van der Waals surface area (Å²) in [6.45, 7) is 5.22. The van der Waals surface area contributed by atoms with Crippen molar-refractivity contribution >= 4 is 0 Å². The van der Waals surface area contributed by atoms with E-state index in [2.05, 4.69) is 0 Å². The lowest BCUT2D eigenvalue weighted by atomic mass is 10.0. The highest BCUT2D eigenvalue weighted by atomic mass is 16.6. The second-order valence-electron chi connectivity index (χ2n) is 4.42. The van der Waals surface area contributed by atoms with Crippen LogP contribution < -0.4 is 0 Å². The first-order valence-corrected chi connectivity index (χ1v) is 5.50. The molecule has 0 aliphatic carbocycles. The zero-order valence-electron chi connectivity index (χ0n) is 10.1. The second kappa shape index (κ2) is 5.43. The minimum Gasteiger partial charge on any atom is -0.396 e. The molecule has 0 fully saturated rings. The molecule has 1 aromatic rings. The van der Waals surface area contributed by atoms with Gasteiger partial charge in [-0.1, -0.05) is 24.3 Å². The SMILES string of the molecule is Cc1ccccc1C(CCO)OC(C)(C)O. The van der Waals surface area contributed by atoms with Crippen molar-refractivity contribution < 1.29 is 14.9 Å². The van der Waals surface area contributed by atoms with E-state index >= 15 is 0 Å². The molecule has 0 radical (unpaired) electrons. The van der Waals surface area contributed by atoms with Crippen LogP contribution in [0, 0.1) is 6.92 Å². The molecule has 90 valence electrons. The average molecular weight is 224 g/mol. The van der Waals surface area contributed by atoms with E-state index in [1.807, 2.05) is 31.2 Å². The minimum atomic E-state index is -1.19. The number of ether oxygens (including phenoxy) is 1. The molecule has 0 spiro atoms. The Kier molecular flexibility index (Phi) is 4.47. The molecule has 1 aromatic carbocycles. The van der Waals surface area contributed by atoms with Gasteiger partial charge in [0.2, 0.25) is 0 Å². The maximum Gasteiger partial charge on any atom is 0.160 e. The van der Waals surface area contributed by atoms with Crippen molar-refractivity contribution in [1.82, 2.24) is 0 Å². The maximum atomic E-state index is 9.66. The maximum absolute atomic E-state index is 9.66. The first-order valence-electron chi connectivity index (χ1n) is 5.50. The van der Waals surface area contributed by atoms with Crippen LogP contribution in [0.4, 0.5) is 0 Å². The van der Waals surface area contributed by atoms with E-state index in [1.54, 1.807) is 13.8 Å². The zero-order chi connectivity index (χ0) is 12.2. The first kappa shape index (κ1) is 13.2. The van der Waals surface area contributed by atoms with Gasteiger partial charge in [0, 0.05) is 13.0 Å². The molecule has 1 atom stereocenters. The van der Waals surface area contributed by atoms with Crippen molar-refractivity contribution in [2.75, 3.05) is 6.61 Å². The molecule has 0 saturated carbocycles. The van der Waals surface area contributed by atoms with Gasteiger partial charge in [-0.05, 0) is 31.9 Å². The molecule has 16 heavy (non-hydrogen) atoms. The van der Waals surface area contributed by atoms with Crippen molar-refractivity contribution in [3.05, 3.63) is 35.4 Å². The summed E-state index contributed by atoms with van der Waals surface area (Å²) < 4.78 is 5.54. The normalized spacial score (nSPS) is 13.8. The molecule has 1 rings (SSSR count). The van der Waals surface area contributed by atoms with E-state index in [9.17, 15) is 5.11 Å². The highest BCUT2D eigenvalue weighted by molar-refractivity contribution is 5.27. The lowest BCUT2D eigenvalue weighted by molar-refractivity contribution is -0.210. The number of benzene rings is 1. The van der Waals surface area contributed by atoms with Crippen molar-refractivity contribution in [2.24, 2.45) is 0 Å². The highest BCUT2D eigenvalue weighted by Crippen LogP contribution is 2.27. The van der Waals surface area contributed by atoms with Crippen LogP contribution in [-0.4, -0.2) is 22.6 Å². The van der Waals surface area contributed by atoms with Gasteiger partial charge >= 0.3 is 0 Å². The number of aliphatic hydroxyl groups excluding tert-OH is 1. The fourth-order valence-electron chi connectivity index (χ4n) is 1.69. The Labute approximate surface area is 96.7 Å². The van der Waals surface area contributed by atoms with Crippen LogP contribution in [0.2, 0.25) is 0 Å². The number of hydrogen-bond acceptors (Lipinski definition) is 3. The lowest BCUT2D eigenvalue weighted by Gasteiger charge is -2.27. The summed E-state index contributed by atoms with van der Waals surface area (Å²) in [5, 5.41) is 18.7. The van der Waals surface area contributed by atoms with E-state index < -0.39 is 5.79 Å². The Morgan fingerprint density at radius 2 is 1.94 bits per heavy atom. The number of aryl methyl sites for hydroxylation is 1. The molecule has 0 heterocycles. The fourth-order valence-corrected chi connectivity index (χ4v) is 1.69. The van der Waals surface area contributed by atoms with Gasteiger partial charge in [0.05, 0.1) is 6.10 Å². The largest absolute Gasteiger partial charge is 0.396 e. The van der Waals surface area contributed by atoms with Gasteiger partial charge in [0.25, 0.3) is 0 Å². The van der Waals surface area contributed by atoms with Crippen LogP contribution in [0.15, 0.2) is 24.3 Å². The van der Waals surface area contributed by atoms with Gasteiger partial charge in [-0.2, -0.15) is 0 Å². The van der Waals surface area contributed by atoms with Crippen LogP contribution in [0.5, 0.6) is 0 Å². The Balaban J connectivity index is 2.89. The van der Waals surface area contributed by atoms with E-state index in [0.717, 1.165) is 11.1 Å². The van der Waals surface area contributed by atoms with Crippen molar-refractivity contribution in [2.45, 2.75) is 39.1 Å². The third kappa shape index (κ3) is 3.93. The van der Waals surface area contributed by atoms with Gasteiger partial charge in [-0.3, -0.25) is 0 Å². The molecule has 2 N–H and O–H groups in total. The van der Waals surface area contributed by atoms with Gasteiger partial charge in [-0.25, -0.2) is 0 Å². The van der Waals surface area contributed by atoms with Gasteiger partial charge < -0.3 is 14.9 Å². The van der Waals surface area contributed by atoms with E-state index in [0.29, 0.717) is 6.42 Å². The number of rotatable bonds is 5. The number of hydrogen-bond donors (Lipinski definition) is 2. The van der Waals surface area contributed by atoms with Crippen LogP contribution in [0.1, 0.15) is 37.5 Å². The third-order valence-corrected chi connectivity index (χ3v) is 2.36. The fraction of sp³-hybridized carbons (Fsp3) is 0.538. The Hall–Kier alpha value is -0.900. The standard InChI is InChI=1S/C13H20O3/c1-10-6-4-5-7-11(10)12(8-9-14)16-13(2,3)15/h4-7,12,14-15H,8-9H2,1-3H3. The summed E-state index contributed by atoms with van der Waals surface area (Å²) in [6.07, 6.45) is 0.209. The molecular weight excluding hydrogens is 204 g/mol. The predicted octanol–water partition coefficient (Wildman–Crippen LogP) is 2.16. The van der Waals surface area contributed by atoms with E-state index in [4.69, 9.17) is 9.84 Å². The summed E-state index contributed by atoms with van der Waals surface area (Å²) in [4.78, 5) is 0. The molecule has 0 aromatic heterocycles. The minimum absolute atomic E-state index is 0.0368. The Morgan fingerprint density at radius 3 is 2.44 bits per heavy atom. The van der Waals surface area contributed by atoms with Gasteiger partial charge in [0.1, 0.15) is 0 Å². The molecule has 0 saturated heterocycles. The van der Waals surface area contributed by atoms with Gasteiger partial charge in [0.15, 0.2) is 5.79 Å². The van der Waals surface area contributed by atoms with Crippen LogP contribution in [0.3, 0.4) is 0 Å². The van der Waals surface area contributed by atoms with E-state index in [1.165, 1.54) is 0 Å². The molecular formula is C13H20O3. The van der Waals surface area contributed by atoms with Gasteiger partial charge in [-0.15, -0.1) is 0 Å². The second-order valence-corrected chi connectivity index (χ2v) is 4.42. The summed E-state index contributed by atoms with van der Waals surface area (Å²) in [5.41, 5.74) is 2.11. The molecule has 0 aliphatic rings. The Morgan fingerprint density at radius 1 is 1.31 bits per heavy atom.